The van der Waals surface area contributed by atoms with E-state index in [4.69, 9.17) is 0 Å². The monoisotopic (exact) mass is 371 g/mol. The first-order chi connectivity index (χ1) is 12.0. The number of carbonyl (C=O) groups excluding carboxylic acids is 1. The maximum atomic E-state index is 12.6. The van der Waals surface area contributed by atoms with Gasteiger partial charge >= 0.3 is 0 Å². The molecule has 2 aromatic carbocycles. The van der Waals surface area contributed by atoms with Crippen LogP contribution in [0.3, 0.4) is 0 Å². The molecule has 5 heteroatoms. The lowest BCUT2D eigenvalue weighted by molar-refractivity contribution is 0.0556. The first kappa shape index (κ1) is 18.0. The summed E-state index contributed by atoms with van der Waals surface area (Å²) < 4.78 is 1.13. The van der Waals surface area contributed by atoms with Crippen LogP contribution in [0.2, 0.25) is 0 Å². The molecule has 0 aliphatic heterocycles. The summed E-state index contributed by atoms with van der Waals surface area (Å²) in [6.45, 7) is 3.97. The van der Waals surface area contributed by atoms with Gasteiger partial charge in [-0.25, -0.2) is 0 Å². The SMILES string of the molecule is CCSc1ccccc1C(=O)NC[C@](C)(O)c1cc2ccccc2s1. The number of thiophene rings is 1. The van der Waals surface area contributed by atoms with Crippen LogP contribution in [0, 0.1) is 0 Å². The molecular weight excluding hydrogens is 350 g/mol. The summed E-state index contributed by atoms with van der Waals surface area (Å²) in [6.07, 6.45) is 0. The third-order valence-corrected chi connectivity index (χ3v) is 6.31. The molecule has 25 heavy (non-hydrogen) atoms. The van der Waals surface area contributed by atoms with Gasteiger partial charge in [0.2, 0.25) is 0 Å². The Labute approximate surface area is 156 Å². The number of carbonyl (C=O) groups is 1. The minimum absolute atomic E-state index is 0.155. The molecule has 0 bridgehead atoms. The van der Waals surface area contributed by atoms with Crippen molar-refractivity contribution in [2.75, 3.05) is 12.3 Å². The number of thioether (sulfide) groups is 1. The Morgan fingerprint density at radius 1 is 1.20 bits per heavy atom. The Balaban J connectivity index is 1.74. The van der Waals surface area contributed by atoms with E-state index in [1.165, 1.54) is 0 Å². The van der Waals surface area contributed by atoms with Crippen molar-refractivity contribution in [2.24, 2.45) is 0 Å². The Kier molecular flexibility index (Phi) is 5.47. The Morgan fingerprint density at radius 3 is 2.68 bits per heavy atom. The molecule has 0 saturated heterocycles. The third kappa shape index (κ3) is 4.06. The van der Waals surface area contributed by atoms with Gasteiger partial charge in [-0.2, -0.15) is 0 Å². The van der Waals surface area contributed by atoms with Gasteiger partial charge in [-0.1, -0.05) is 37.3 Å². The van der Waals surface area contributed by atoms with Crippen LogP contribution in [0.4, 0.5) is 0 Å². The quantitative estimate of drug-likeness (QED) is 0.620. The second-order valence-electron chi connectivity index (χ2n) is 6.03. The van der Waals surface area contributed by atoms with Gasteiger partial charge in [0.25, 0.3) is 5.91 Å². The number of fused-ring (bicyclic) bond motifs is 1. The molecular formula is C20H21NO2S2. The fraction of sp³-hybridized carbons (Fsp3) is 0.250. The molecule has 3 nitrogen and oxygen atoms in total. The standard InChI is InChI=1S/C20H21NO2S2/c1-3-24-17-11-7-5-9-15(17)19(22)21-13-20(2,23)18-12-14-8-4-6-10-16(14)25-18/h4-12,23H,3,13H2,1-2H3,(H,21,22)/t20-/m0/s1. The predicted octanol–water partition coefficient (Wildman–Crippen LogP) is 4.65. The van der Waals surface area contributed by atoms with Crippen LogP contribution < -0.4 is 5.32 Å². The maximum absolute atomic E-state index is 12.6. The normalized spacial score (nSPS) is 13.6. The van der Waals surface area contributed by atoms with Crippen molar-refractivity contribution in [2.45, 2.75) is 24.3 Å². The molecule has 1 heterocycles. The largest absolute Gasteiger partial charge is 0.383 e. The van der Waals surface area contributed by atoms with E-state index < -0.39 is 5.60 Å². The summed E-state index contributed by atoms with van der Waals surface area (Å²) >= 11 is 3.20. The molecule has 0 aliphatic rings. The second kappa shape index (κ2) is 7.60. The molecule has 3 aromatic rings. The van der Waals surface area contributed by atoms with Crippen molar-refractivity contribution in [1.82, 2.24) is 5.32 Å². The number of rotatable bonds is 6. The van der Waals surface area contributed by atoms with E-state index in [1.807, 2.05) is 54.6 Å². The molecule has 130 valence electrons. The van der Waals surface area contributed by atoms with Crippen LogP contribution in [0.15, 0.2) is 59.5 Å². The summed E-state index contributed by atoms with van der Waals surface area (Å²) in [5.74, 6) is 0.752. The Hall–Kier alpha value is -1.82. The fourth-order valence-corrected chi connectivity index (χ4v) is 4.53. The second-order valence-corrected chi connectivity index (χ2v) is 8.42. The number of amides is 1. The summed E-state index contributed by atoms with van der Waals surface area (Å²) in [5, 5.41) is 14.8. The van der Waals surface area contributed by atoms with Gasteiger partial charge in [0.1, 0.15) is 5.60 Å². The van der Waals surface area contributed by atoms with E-state index in [-0.39, 0.29) is 12.5 Å². The highest BCUT2D eigenvalue weighted by Crippen LogP contribution is 2.33. The third-order valence-electron chi connectivity index (χ3n) is 3.98. The van der Waals surface area contributed by atoms with Gasteiger partial charge in [0, 0.05) is 14.5 Å². The summed E-state index contributed by atoms with van der Waals surface area (Å²) in [7, 11) is 0. The van der Waals surface area contributed by atoms with Gasteiger partial charge in [0.05, 0.1) is 12.1 Å². The van der Waals surface area contributed by atoms with Gasteiger partial charge < -0.3 is 10.4 Å². The van der Waals surface area contributed by atoms with Gasteiger partial charge in [-0.15, -0.1) is 23.1 Å². The molecule has 1 amide bonds. The molecule has 0 aliphatic carbocycles. The Bertz CT molecular complexity index is 853. The van der Waals surface area contributed by atoms with E-state index in [2.05, 4.69) is 12.2 Å². The molecule has 0 saturated carbocycles. The highest BCUT2D eigenvalue weighted by Gasteiger charge is 2.26. The summed E-state index contributed by atoms with van der Waals surface area (Å²) in [4.78, 5) is 14.4. The van der Waals surface area contributed by atoms with E-state index in [0.717, 1.165) is 25.6 Å². The number of hydrogen-bond acceptors (Lipinski definition) is 4. The summed E-state index contributed by atoms with van der Waals surface area (Å²) in [5.41, 5.74) is -0.451. The van der Waals surface area contributed by atoms with E-state index in [1.54, 1.807) is 30.0 Å². The maximum Gasteiger partial charge on any atom is 0.252 e. The minimum atomic E-state index is -1.10. The van der Waals surface area contributed by atoms with Crippen LogP contribution in [-0.4, -0.2) is 23.3 Å². The van der Waals surface area contributed by atoms with Gasteiger partial charge in [0.15, 0.2) is 0 Å². The van der Waals surface area contributed by atoms with Crippen molar-refractivity contribution >= 4 is 39.1 Å². The van der Waals surface area contributed by atoms with Crippen LogP contribution in [-0.2, 0) is 5.60 Å². The van der Waals surface area contributed by atoms with E-state index >= 15 is 0 Å². The van der Waals surface area contributed by atoms with E-state index in [9.17, 15) is 9.90 Å². The highest BCUT2D eigenvalue weighted by molar-refractivity contribution is 7.99. The van der Waals surface area contributed by atoms with Crippen LogP contribution >= 0.6 is 23.1 Å². The Morgan fingerprint density at radius 2 is 1.92 bits per heavy atom. The number of aliphatic hydroxyl groups is 1. The summed E-state index contributed by atoms with van der Waals surface area (Å²) in [6, 6.07) is 17.6. The molecule has 0 fully saturated rings. The number of nitrogens with one attached hydrogen (secondary N) is 1. The minimum Gasteiger partial charge on any atom is -0.383 e. The molecule has 0 radical (unpaired) electrons. The van der Waals surface area contributed by atoms with Crippen molar-refractivity contribution in [3.05, 3.63) is 65.0 Å². The highest BCUT2D eigenvalue weighted by atomic mass is 32.2. The van der Waals surface area contributed by atoms with Crippen molar-refractivity contribution in [3.8, 4) is 0 Å². The molecule has 1 aromatic heterocycles. The topological polar surface area (TPSA) is 49.3 Å². The lowest BCUT2D eigenvalue weighted by Gasteiger charge is -2.22. The average Bonchev–Trinajstić information content (AvgIpc) is 3.06. The van der Waals surface area contributed by atoms with Crippen LogP contribution in [0.25, 0.3) is 10.1 Å². The molecule has 2 N–H and O–H groups in total. The van der Waals surface area contributed by atoms with Crippen LogP contribution in [0.5, 0.6) is 0 Å². The van der Waals surface area contributed by atoms with Crippen molar-refractivity contribution < 1.29 is 9.90 Å². The molecule has 1 atom stereocenters. The van der Waals surface area contributed by atoms with Crippen molar-refractivity contribution in [1.29, 1.82) is 0 Å². The number of benzene rings is 2. The lowest BCUT2D eigenvalue weighted by Crippen LogP contribution is -2.38. The van der Waals surface area contributed by atoms with Gasteiger partial charge in [-0.05, 0) is 42.3 Å². The first-order valence-electron chi connectivity index (χ1n) is 8.23. The van der Waals surface area contributed by atoms with Crippen molar-refractivity contribution in [3.63, 3.8) is 0 Å². The average molecular weight is 372 g/mol. The zero-order chi connectivity index (χ0) is 17.9. The van der Waals surface area contributed by atoms with E-state index in [0.29, 0.717) is 5.56 Å². The van der Waals surface area contributed by atoms with Crippen LogP contribution in [0.1, 0.15) is 29.1 Å². The molecule has 0 spiro atoms. The zero-order valence-electron chi connectivity index (χ0n) is 14.3. The molecule has 3 rings (SSSR count). The fourth-order valence-electron chi connectivity index (χ4n) is 2.62. The van der Waals surface area contributed by atoms with Gasteiger partial charge in [-0.3, -0.25) is 4.79 Å². The predicted molar refractivity (Wildman–Crippen MR) is 107 cm³/mol. The number of hydrogen-bond donors (Lipinski definition) is 2. The smallest absolute Gasteiger partial charge is 0.252 e. The zero-order valence-corrected chi connectivity index (χ0v) is 15.9. The molecule has 0 unspecified atom stereocenters. The lowest BCUT2D eigenvalue weighted by atomic mass is 10.0. The first-order valence-corrected chi connectivity index (χ1v) is 10.0.